The summed E-state index contributed by atoms with van der Waals surface area (Å²) in [6, 6.07) is 8.90. The van der Waals surface area contributed by atoms with Gasteiger partial charge >= 0.3 is 0 Å². The summed E-state index contributed by atoms with van der Waals surface area (Å²) in [5, 5.41) is 7.03. The third-order valence-electron chi connectivity index (χ3n) is 7.25. The highest BCUT2D eigenvalue weighted by Crippen LogP contribution is 2.37. The van der Waals surface area contributed by atoms with E-state index >= 15 is 0 Å². The van der Waals surface area contributed by atoms with E-state index in [2.05, 4.69) is 50.8 Å². The van der Waals surface area contributed by atoms with Crippen molar-refractivity contribution < 1.29 is 4.74 Å². The number of aliphatic imine (C=N–C) groups is 2. The van der Waals surface area contributed by atoms with Crippen LogP contribution in [0.4, 0.5) is 5.69 Å². The standard InChI is InChI=1S/C24H30N6O/c1-3-19(29-11-13-31-14-12-29)4-2-18(1)20-15-21-22(27-9-8-26-21)23(28-20)30-10-6-24(17-30)5-7-25-16-24/h1-4,8-9,15,21,25-26H,5-7,10-14,16-17H2. The Morgan fingerprint density at radius 1 is 1.03 bits per heavy atom. The number of anilines is 1. The SMILES string of the molecule is C1=CNC2C=C(c3ccc(N4CCOCC4)cc3)N=C(N3CCC4(CCNC4)C3)C2=N1. The van der Waals surface area contributed by atoms with Crippen molar-refractivity contribution in [1.29, 1.82) is 0 Å². The Bertz CT molecular complexity index is 951. The average Bonchev–Trinajstić information content (AvgIpc) is 3.48. The van der Waals surface area contributed by atoms with E-state index in [0.29, 0.717) is 5.41 Å². The number of ether oxygens (including phenoxy) is 1. The Morgan fingerprint density at radius 3 is 2.71 bits per heavy atom. The largest absolute Gasteiger partial charge is 0.378 e. The number of likely N-dealkylation sites (tertiary alicyclic amines) is 1. The van der Waals surface area contributed by atoms with Gasteiger partial charge in [0.2, 0.25) is 0 Å². The molecule has 5 aliphatic rings. The van der Waals surface area contributed by atoms with Crippen molar-refractivity contribution in [3.63, 3.8) is 0 Å². The number of nitrogens with one attached hydrogen (secondary N) is 2. The zero-order valence-corrected chi connectivity index (χ0v) is 17.9. The Kier molecular flexibility index (Phi) is 4.80. The molecule has 3 fully saturated rings. The van der Waals surface area contributed by atoms with Gasteiger partial charge in [0.25, 0.3) is 0 Å². The van der Waals surface area contributed by atoms with Crippen molar-refractivity contribution in [2.75, 3.05) is 57.4 Å². The summed E-state index contributed by atoms with van der Waals surface area (Å²) in [5.41, 5.74) is 4.88. The molecule has 1 spiro atoms. The van der Waals surface area contributed by atoms with Crippen LogP contribution < -0.4 is 15.5 Å². The second-order valence-corrected chi connectivity index (χ2v) is 9.21. The predicted molar refractivity (Wildman–Crippen MR) is 124 cm³/mol. The molecule has 0 aliphatic carbocycles. The normalized spacial score (nSPS) is 30.1. The topological polar surface area (TPSA) is 64.5 Å². The second kappa shape index (κ2) is 7.80. The lowest BCUT2D eigenvalue weighted by Crippen LogP contribution is -2.47. The maximum atomic E-state index is 5.48. The van der Waals surface area contributed by atoms with E-state index < -0.39 is 0 Å². The molecule has 7 nitrogen and oxygen atoms in total. The van der Waals surface area contributed by atoms with Crippen LogP contribution in [-0.4, -0.2) is 75.0 Å². The third kappa shape index (κ3) is 3.55. The van der Waals surface area contributed by atoms with Crippen molar-refractivity contribution in [1.82, 2.24) is 15.5 Å². The van der Waals surface area contributed by atoms with Gasteiger partial charge < -0.3 is 25.2 Å². The first-order valence-electron chi connectivity index (χ1n) is 11.5. The molecule has 0 aromatic heterocycles. The van der Waals surface area contributed by atoms with Gasteiger partial charge in [0.1, 0.15) is 5.71 Å². The van der Waals surface area contributed by atoms with Gasteiger partial charge in [-0.15, -0.1) is 0 Å². The molecule has 0 bridgehead atoms. The van der Waals surface area contributed by atoms with Gasteiger partial charge in [-0.05, 0) is 37.6 Å². The first-order valence-corrected chi connectivity index (χ1v) is 11.5. The molecule has 2 N–H and O–H groups in total. The summed E-state index contributed by atoms with van der Waals surface area (Å²) < 4.78 is 5.48. The third-order valence-corrected chi connectivity index (χ3v) is 7.25. The van der Waals surface area contributed by atoms with Gasteiger partial charge in [-0.2, -0.15) is 0 Å². The molecule has 0 radical (unpaired) electrons. The fourth-order valence-corrected chi connectivity index (χ4v) is 5.43. The maximum Gasteiger partial charge on any atom is 0.153 e. The van der Waals surface area contributed by atoms with E-state index in [9.17, 15) is 0 Å². The van der Waals surface area contributed by atoms with Crippen molar-refractivity contribution in [3.8, 4) is 0 Å². The Morgan fingerprint density at radius 2 is 1.90 bits per heavy atom. The van der Waals surface area contributed by atoms with Crippen LogP contribution >= 0.6 is 0 Å². The van der Waals surface area contributed by atoms with Crippen LogP contribution in [0.5, 0.6) is 0 Å². The van der Waals surface area contributed by atoms with Crippen molar-refractivity contribution in [2.45, 2.75) is 18.9 Å². The van der Waals surface area contributed by atoms with Crippen molar-refractivity contribution in [2.24, 2.45) is 15.4 Å². The molecule has 7 heteroatoms. The van der Waals surface area contributed by atoms with Gasteiger partial charge in [-0.1, -0.05) is 12.1 Å². The Balaban J connectivity index is 1.28. The molecule has 162 valence electrons. The van der Waals surface area contributed by atoms with E-state index in [1.165, 1.54) is 18.5 Å². The van der Waals surface area contributed by atoms with Gasteiger partial charge in [0.05, 0.1) is 25.0 Å². The molecule has 3 saturated heterocycles. The predicted octanol–water partition coefficient (Wildman–Crippen LogP) is 1.85. The van der Waals surface area contributed by atoms with E-state index in [1.54, 1.807) is 0 Å². The van der Waals surface area contributed by atoms with E-state index in [-0.39, 0.29) is 6.04 Å². The number of hydrogen-bond acceptors (Lipinski definition) is 7. The minimum atomic E-state index is 0.0738. The molecule has 6 rings (SSSR count). The minimum absolute atomic E-state index is 0.0738. The monoisotopic (exact) mass is 418 g/mol. The number of morpholine rings is 1. The summed E-state index contributed by atoms with van der Waals surface area (Å²) in [6.45, 7) is 7.89. The molecule has 2 atom stereocenters. The summed E-state index contributed by atoms with van der Waals surface area (Å²) in [4.78, 5) is 14.7. The lowest BCUT2D eigenvalue weighted by molar-refractivity contribution is 0.122. The first kappa shape index (κ1) is 19.1. The molecule has 2 unspecified atom stereocenters. The van der Waals surface area contributed by atoms with E-state index in [4.69, 9.17) is 14.7 Å². The van der Waals surface area contributed by atoms with Crippen LogP contribution in [0.15, 0.2) is 52.7 Å². The lowest BCUT2D eigenvalue weighted by Gasteiger charge is -2.32. The van der Waals surface area contributed by atoms with Gasteiger partial charge in [-0.3, -0.25) is 4.99 Å². The van der Waals surface area contributed by atoms with E-state index in [0.717, 1.165) is 75.3 Å². The fraction of sp³-hybridized carbons (Fsp3) is 0.500. The number of hydrogen-bond donors (Lipinski definition) is 2. The van der Waals surface area contributed by atoms with Crippen molar-refractivity contribution in [3.05, 3.63) is 48.3 Å². The van der Waals surface area contributed by atoms with Gasteiger partial charge in [0, 0.05) is 61.8 Å². The second-order valence-electron chi connectivity index (χ2n) is 9.21. The lowest BCUT2D eigenvalue weighted by atomic mass is 9.86. The number of rotatable bonds is 2. The quantitative estimate of drug-likeness (QED) is 0.768. The zero-order valence-electron chi connectivity index (χ0n) is 17.9. The van der Waals surface area contributed by atoms with Crippen LogP contribution in [0.1, 0.15) is 18.4 Å². The van der Waals surface area contributed by atoms with Crippen molar-refractivity contribution >= 4 is 22.9 Å². The average molecular weight is 419 g/mol. The van der Waals surface area contributed by atoms with Crippen LogP contribution in [0, 0.1) is 5.41 Å². The summed E-state index contributed by atoms with van der Waals surface area (Å²) >= 11 is 0. The first-order chi connectivity index (χ1) is 15.3. The number of amidine groups is 1. The Hall–Kier alpha value is -2.64. The highest BCUT2D eigenvalue weighted by Gasteiger charge is 2.43. The maximum absolute atomic E-state index is 5.48. The van der Waals surface area contributed by atoms with Gasteiger partial charge in [-0.25, -0.2) is 4.99 Å². The fourth-order valence-electron chi connectivity index (χ4n) is 5.43. The summed E-state index contributed by atoms with van der Waals surface area (Å²) in [6.07, 6.45) is 8.47. The minimum Gasteiger partial charge on any atom is -0.378 e. The smallest absolute Gasteiger partial charge is 0.153 e. The molecule has 31 heavy (non-hydrogen) atoms. The highest BCUT2D eigenvalue weighted by molar-refractivity contribution is 6.45. The molecule has 1 aromatic carbocycles. The molecular weight excluding hydrogens is 388 g/mol. The molecular formula is C24H30N6O. The van der Waals surface area contributed by atoms with Crippen LogP contribution in [-0.2, 0) is 4.74 Å². The van der Waals surface area contributed by atoms with Crippen LogP contribution in [0.2, 0.25) is 0 Å². The van der Waals surface area contributed by atoms with E-state index in [1.807, 2.05) is 12.4 Å². The molecule has 5 aliphatic heterocycles. The number of benzene rings is 1. The van der Waals surface area contributed by atoms with Gasteiger partial charge in [0.15, 0.2) is 5.84 Å². The molecule has 1 aromatic rings. The molecule has 5 heterocycles. The molecule has 0 saturated carbocycles. The zero-order chi connectivity index (χ0) is 20.7. The summed E-state index contributed by atoms with van der Waals surface area (Å²) in [5.74, 6) is 1.04. The Labute approximate surface area is 183 Å². The van der Waals surface area contributed by atoms with Crippen LogP contribution in [0.3, 0.4) is 0 Å². The summed E-state index contributed by atoms with van der Waals surface area (Å²) in [7, 11) is 0. The number of fused-ring (bicyclic) bond motifs is 1. The van der Waals surface area contributed by atoms with Crippen LogP contribution in [0.25, 0.3) is 5.70 Å². The highest BCUT2D eigenvalue weighted by atomic mass is 16.5. The number of nitrogens with zero attached hydrogens (tertiary/aromatic N) is 4. The molecule has 0 amide bonds.